The van der Waals surface area contributed by atoms with E-state index in [1.165, 1.54) is 12.8 Å². The fourth-order valence-corrected chi connectivity index (χ4v) is 3.77. The second-order valence-corrected chi connectivity index (χ2v) is 7.56. The van der Waals surface area contributed by atoms with Crippen LogP contribution >= 0.6 is 0 Å². The first kappa shape index (κ1) is 17.9. The minimum atomic E-state index is 0.315. The molecular weight excluding hydrogens is 338 g/mol. The normalized spacial score (nSPS) is 17.6. The molecule has 0 saturated carbocycles. The lowest BCUT2D eigenvalue weighted by molar-refractivity contribution is 0.392. The molecule has 1 aliphatic heterocycles. The summed E-state index contributed by atoms with van der Waals surface area (Å²) in [4.78, 5) is 13.9. The van der Waals surface area contributed by atoms with Crippen LogP contribution in [0.25, 0.3) is 22.3 Å². The first-order valence-electron chi connectivity index (χ1n) is 9.74. The van der Waals surface area contributed by atoms with Gasteiger partial charge in [0.05, 0.1) is 17.4 Å². The average Bonchev–Trinajstić information content (AvgIpc) is 3.08. The Hall–Kier alpha value is -2.54. The molecule has 1 aliphatic rings. The fourth-order valence-electron chi connectivity index (χ4n) is 3.77. The zero-order valence-corrected chi connectivity index (χ0v) is 16.2. The molecule has 0 bridgehead atoms. The van der Waals surface area contributed by atoms with Crippen molar-refractivity contribution in [1.82, 2.24) is 30.0 Å². The predicted molar refractivity (Wildman–Crippen MR) is 108 cm³/mol. The number of hydrogen-bond acceptors (Lipinski definition) is 6. The van der Waals surface area contributed by atoms with Crippen molar-refractivity contribution in [2.24, 2.45) is 5.92 Å². The molecule has 3 aromatic rings. The maximum absolute atomic E-state index is 4.90. The van der Waals surface area contributed by atoms with Gasteiger partial charge in [-0.05, 0) is 58.7 Å². The lowest BCUT2D eigenvalue weighted by Gasteiger charge is -2.23. The van der Waals surface area contributed by atoms with Gasteiger partial charge in [0.1, 0.15) is 5.52 Å². The third-order valence-electron chi connectivity index (χ3n) is 5.22. The van der Waals surface area contributed by atoms with E-state index in [1.807, 2.05) is 16.9 Å². The van der Waals surface area contributed by atoms with Crippen molar-refractivity contribution < 1.29 is 0 Å². The van der Waals surface area contributed by atoms with Gasteiger partial charge in [-0.1, -0.05) is 0 Å². The summed E-state index contributed by atoms with van der Waals surface area (Å²) in [6, 6.07) is 2.32. The van der Waals surface area contributed by atoms with Crippen LogP contribution in [-0.2, 0) is 0 Å². The third kappa shape index (κ3) is 3.64. The highest BCUT2D eigenvalue weighted by molar-refractivity contribution is 5.88. The molecule has 7 nitrogen and oxygen atoms in total. The molecule has 0 amide bonds. The summed E-state index contributed by atoms with van der Waals surface area (Å²) in [6.45, 7) is 9.42. The van der Waals surface area contributed by atoms with E-state index < -0.39 is 0 Å². The Bertz CT molecular complexity index is 925. The molecule has 4 rings (SSSR count). The van der Waals surface area contributed by atoms with Gasteiger partial charge in [0, 0.05) is 36.2 Å². The molecule has 2 N–H and O–H groups in total. The van der Waals surface area contributed by atoms with Crippen LogP contribution in [0.15, 0.2) is 24.7 Å². The summed E-state index contributed by atoms with van der Waals surface area (Å²) in [5.74, 6) is 1.42. The van der Waals surface area contributed by atoms with E-state index >= 15 is 0 Å². The topological polar surface area (TPSA) is 80.6 Å². The number of anilines is 1. The molecule has 0 radical (unpaired) electrons. The molecule has 1 atom stereocenters. The largest absolute Gasteiger partial charge is 0.368 e. The minimum Gasteiger partial charge on any atom is -0.368 e. The second kappa shape index (κ2) is 7.60. The monoisotopic (exact) mass is 365 g/mol. The summed E-state index contributed by atoms with van der Waals surface area (Å²) in [7, 11) is 0. The smallest absolute Gasteiger partial charge is 0.154 e. The van der Waals surface area contributed by atoms with E-state index in [-0.39, 0.29) is 0 Å². The van der Waals surface area contributed by atoms with Crippen LogP contribution in [0.2, 0.25) is 0 Å². The van der Waals surface area contributed by atoms with E-state index in [0.717, 1.165) is 53.4 Å². The van der Waals surface area contributed by atoms with Gasteiger partial charge >= 0.3 is 0 Å². The van der Waals surface area contributed by atoms with Crippen molar-refractivity contribution in [2.75, 3.05) is 25.0 Å². The highest BCUT2D eigenvalue weighted by atomic mass is 15.3. The lowest BCUT2D eigenvalue weighted by Crippen LogP contribution is -2.33. The van der Waals surface area contributed by atoms with E-state index in [4.69, 9.17) is 4.98 Å². The number of nitrogens with one attached hydrogen (secondary N) is 2. The number of rotatable bonds is 5. The second-order valence-electron chi connectivity index (χ2n) is 7.56. The number of hydrogen-bond donors (Lipinski definition) is 2. The van der Waals surface area contributed by atoms with Crippen molar-refractivity contribution >= 4 is 16.9 Å². The van der Waals surface area contributed by atoms with Gasteiger partial charge < -0.3 is 10.6 Å². The van der Waals surface area contributed by atoms with Crippen LogP contribution in [0, 0.1) is 12.8 Å². The Labute approximate surface area is 159 Å². The molecule has 0 aromatic carbocycles. The van der Waals surface area contributed by atoms with Gasteiger partial charge in [-0.25, -0.2) is 9.97 Å². The third-order valence-corrected chi connectivity index (χ3v) is 5.22. The van der Waals surface area contributed by atoms with Crippen LogP contribution < -0.4 is 10.6 Å². The average molecular weight is 365 g/mol. The minimum absolute atomic E-state index is 0.315. The van der Waals surface area contributed by atoms with E-state index in [1.54, 1.807) is 12.4 Å². The maximum atomic E-state index is 4.90. The zero-order valence-electron chi connectivity index (χ0n) is 16.2. The molecule has 27 heavy (non-hydrogen) atoms. The van der Waals surface area contributed by atoms with Gasteiger partial charge in [0.15, 0.2) is 5.82 Å². The molecule has 0 spiro atoms. The number of pyridine rings is 1. The highest BCUT2D eigenvalue weighted by Crippen LogP contribution is 2.28. The number of aromatic nitrogens is 5. The molecule has 0 unspecified atom stereocenters. The van der Waals surface area contributed by atoms with Crippen molar-refractivity contribution in [3.8, 4) is 11.3 Å². The summed E-state index contributed by atoms with van der Waals surface area (Å²) in [5.41, 5.74) is 4.71. The number of nitrogens with zero attached hydrogens (tertiary/aromatic N) is 5. The van der Waals surface area contributed by atoms with Gasteiger partial charge in [-0.15, -0.1) is 0 Å². The molecule has 3 aromatic heterocycles. The molecule has 0 aliphatic carbocycles. The predicted octanol–water partition coefficient (Wildman–Crippen LogP) is 3.19. The standard InChI is InChI=1S/C20H27N7/c1-13(2)27-14(3)16(12-25-27)17-9-18-19(23-8-7-22-18)20(26-17)24-11-15-5-4-6-21-10-15/h7-9,12-13,15,21H,4-6,10-11H2,1-3H3,(H,24,26)/t15-/m0/s1. The lowest BCUT2D eigenvalue weighted by atomic mass is 10.00. The van der Waals surface area contributed by atoms with Crippen molar-refractivity contribution in [2.45, 2.75) is 39.7 Å². The Morgan fingerprint density at radius 2 is 2.15 bits per heavy atom. The van der Waals surface area contributed by atoms with Crippen LogP contribution in [0.1, 0.15) is 38.4 Å². The summed E-state index contributed by atoms with van der Waals surface area (Å²) >= 11 is 0. The van der Waals surface area contributed by atoms with Gasteiger partial charge in [0.25, 0.3) is 0 Å². The molecule has 7 heteroatoms. The van der Waals surface area contributed by atoms with Crippen LogP contribution in [-0.4, -0.2) is 44.4 Å². The number of piperidine rings is 1. The molecule has 142 valence electrons. The van der Waals surface area contributed by atoms with E-state index in [2.05, 4.69) is 46.5 Å². The van der Waals surface area contributed by atoms with E-state index in [9.17, 15) is 0 Å². The Morgan fingerprint density at radius 3 is 2.89 bits per heavy atom. The molecular formula is C20H27N7. The summed E-state index contributed by atoms with van der Waals surface area (Å²) in [5, 5.41) is 11.5. The van der Waals surface area contributed by atoms with Crippen LogP contribution in [0.3, 0.4) is 0 Å². The fraction of sp³-hybridized carbons (Fsp3) is 0.500. The van der Waals surface area contributed by atoms with Crippen molar-refractivity contribution in [1.29, 1.82) is 0 Å². The first-order chi connectivity index (χ1) is 13.1. The first-order valence-corrected chi connectivity index (χ1v) is 9.74. The zero-order chi connectivity index (χ0) is 18.8. The summed E-state index contributed by atoms with van der Waals surface area (Å²) < 4.78 is 2.03. The molecule has 1 fully saturated rings. The quantitative estimate of drug-likeness (QED) is 0.723. The Kier molecular flexibility index (Phi) is 5.03. The number of fused-ring (bicyclic) bond motifs is 1. The van der Waals surface area contributed by atoms with Crippen LogP contribution in [0.4, 0.5) is 5.82 Å². The SMILES string of the molecule is Cc1c(-c2cc3nccnc3c(NC[C@H]3CCCNC3)n2)cnn1C(C)C. The van der Waals surface area contributed by atoms with Crippen LogP contribution in [0.5, 0.6) is 0 Å². The van der Waals surface area contributed by atoms with Gasteiger partial charge in [0.2, 0.25) is 0 Å². The Balaban J connectivity index is 1.70. The highest BCUT2D eigenvalue weighted by Gasteiger charge is 2.17. The van der Waals surface area contributed by atoms with Gasteiger partial charge in [-0.2, -0.15) is 5.10 Å². The summed E-state index contributed by atoms with van der Waals surface area (Å²) in [6.07, 6.45) is 7.82. The molecule has 4 heterocycles. The van der Waals surface area contributed by atoms with E-state index in [0.29, 0.717) is 12.0 Å². The Morgan fingerprint density at radius 1 is 1.30 bits per heavy atom. The van der Waals surface area contributed by atoms with Crippen molar-refractivity contribution in [3.63, 3.8) is 0 Å². The van der Waals surface area contributed by atoms with Gasteiger partial charge in [-0.3, -0.25) is 9.67 Å². The maximum Gasteiger partial charge on any atom is 0.154 e. The molecule has 1 saturated heterocycles. The van der Waals surface area contributed by atoms with Crippen molar-refractivity contribution in [3.05, 3.63) is 30.4 Å².